The van der Waals surface area contributed by atoms with Gasteiger partial charge >= 0.3 is 0 Å². The lowest BCUT2D eigenvalue weighted by Crippen LogP contribution is -2.33. The molecule has 2 aromatic heterocycles. The van der Waals surface area contributed by atoms with E-state index in [1.165, 1.54) is 21.9 Å². The Balaban J connectivity index is 2.09. The Bertz CT molecular complexity index is 869. The van der Waals surface area contributed by atoms with Gasteiger partial charge in [-0.3, -0.25) is 14.0 Å². The summed E-state index contributed by atoms with van der Waals surface area (Å²) in [4.78, 5) is 29.3. The van der Waals surface area contributed by atoms with E-state index in [0.717, 1.165) is 10.2 Å². The SMILES string of the molecule is COCCNC(=O)c1cnc2sc3ccccc3n2c1=O. The predicted octanol–water partition coefficient (Wildman–Crippen LogP) is 1.29. The van der Waals surface area contributed by atoms with Gasteiger partial charge in [0.1, 0.15) is 5.56 Å². The van der Waals surface area contributed by atoms with Crippen LogP contribution in [0.3, 0.4) is 0 Å². The van der Waals surface area contributed by atoms with Gasteiger partial charge in [-0.25, -0.2) is 4.98 Å². The third-order valence-electron chi connectivity index (χ3n) is 3.07. The number of methoxy groups -OCH3 is 1. The number of aromatic nitrogens is 2. The highest BCUT2D eigenvalue weighted by Crippen LogP contribution is 2.23. The van der Waals surface area contributed by atoms with Crippen molar-refractivity contribution in [3.05, 3.63) is 46.4 Å². The maximum absolute atomic E-state index is 12.5. The Morgan fingerprint density at radius 3 is 3.05 bits per heavy atom. The minimum absolute atomic E-state index is 0.0344. The van der Waals surface area contributed by atoms with Crippen LogP contribution in [0.25, 0.3) is 15.2 Å². The zero-order chi connectivity index (χ0) is 14.8. The molecule has 7 heteroatoms. The monoisotopic (exact) mass is 303 g/mol. The van der Waals surface area contributed by atoms with E-state index in [9.17, 15) is 9.59 Å². The van der Waals surface area contributed by atoms with Crippen molar-refractivity contribution < 1.29 is 9.53 Å². The van der Waals surface area contributed by atoms with Crippen molar-refractivity contribution in [2.75, 3.05) is 20.3 Å². The Morgan fingerprint density at radius 2 is 2.24 bits per heavy atom. The van der Waals surface area contributed by atoms with Gasteiger partial charge in [-0.15, -0.1) is 0 Å². The third-order valence-corrected chi connectivity index (χ3v) is 4.11. The van der Waals surface area contributed by atoms with Gasteiger partial charge in [0.05, 0.1) is 16.8 Å². The van der Waals surface area contributed by atoms with Crippen LogP contribution < -0.4 is 10.9 Å². The van der Waals surface area contributed by atoms with E-state index in [1.54, 1.807) is 7.11 Å². The molecule has 0 radical (unpaired) electrons. The summed E-state index contributed by atoms with van der Waals surface area (Å²) in [5.74, 6) is -0.436. The van der Waals surface area contributed by atoms with Crippen molar-refractivity contribution >= 4 is 32.4 Å². The molecule has 108 valence electrons. The van der Waals surface area contributed by atoms with Gasteiger partial charge in [-0.1, -0.05) is 23.5 Å². The molecule has 0 bridgehead atoms. The van der Waals surface area contributed by atoms with E-state index < -0.39 is 5.91 Å². The first kappa shape index (κ1) is 13.7. The van der Waals surface area contributed by atoms with Gasteiger partial charge in [0, 0.05) is 19.9 Å². The number of rotatable bonds is 4. The second-order valence-corrected chi connectivity index (χ2v) is 5.42. The third kappa shape index (κ3) is 2.41. The average Bonchev–Trinajstić information content (AvgIpc) is 2.87. The maximum Gasteiger partial charge on any atom is 0.271 e. The lowest BCUT2D eigenvalue weighted by Gasteiger charge is -2.04. The molecule has 21 heavy (non-hydrogen) atoms. The lowest BCUT2D eigenvalue weighted by molar-refractivity contribution is 0.0935. The first-order chi connectivity index (χ1) is 10.2. The number of nitrogens with zero attached hydrogens (tertiary/aromatic N) is 2. The van der Waals surface area contributed by atoms with Crippen LogP contribution in [0.1, 0.15) is 10.4 Å². The molecule has 0 aliphatic rings. The van der Waals surface area contributed by atoms with Gasteiger partial charge in [0.15, 0.2) is 4.96 Å². The summed E-state index contributed by atoms with van der Waals surface area (Å²) < 4.78 is 7.30. The topological polar surface area (TPSA) is 72.7 Å². The summed E-state index contributed by atoms with van der Waals surface area (Å²) in [7, 11) is 1.55. The predicted molar refractivity (Wildman–Crippen MR) is 81.1 cm³/mol. The molecule has 0 aliphatic carbocycles. The Labute approximate surface area is 124 Å². The number of hydrogen-bond donors (Lipinski definition) is 1. The van der Waals surface area contributed by atoms with E-state index in [1.807, 2.05) is 24.3 Å². The lowest BCUT2D eigenvalue weighted by atomic mass is 10.3. The summed E-state index contributed by atoms with van der Waals surface area (Å²) in [6.07, 6.45) is 1.33. The van der Waals surface area contributed by atoms with Crippen LogP contribution in [0.4, 0.5) is 0 Å². The number of benzene rings is 1. The highest BCUT2D eigenvalue weighted by Gasteiger charge is 2.15. The second kappa shape index (κ2) is 5.63. The molecule has 2 heterocycles. The van der Waals surface area contributed by atoms with Gasteiger partial charge in [-0.2, -0.15) is 0 Å². The molecular formula is C14H13N3O3S. The molecule has 1 N–H and O–H groups in total. The average molecular weight is 303 g/mol. The molecule has 0 unspecified atom stereocenters. The summed E-state index contributed by atoms with van der Waals surface area (Å²) in [6, 6.07) is 7.52. The zero-order valence-corrected chi connectivity index (χ0v) is 12.1. The number of amides is 1. The normalized spacial score (nSPS) is 11.1. The molecule has 1 aromatic carbocycles. The van der Waals surface area contributed by atoms with Crippen molar-refractivity contribution in [2.45, 2.75) is 0 Å². The first-order valence-corrected chi connectivity index (χ1v) is 7.20. The highest BCUT2D eigenvalue weighted by atomic mass is 32.1. The number of carbonyl (C=O) groups is 1. The van der Waals surface area contributed by atoms with E-state index in [-0.39, 0.29) is 11.1 Å². The van der Waals surface area contributed by atoms with E-state index in [4.69, 9.17) is 4.74 Å². The number of thiazole rings is 1. The van der Waals surface area contributed by atoms with E-state index in [0.29, 0.717) is 18.1 Å². The zero-order valence-electron chi connectivity index (χ0n) is 11.3. The van der Waals surface area contributed by atoms with E-state index in [2.05, 4.69) is 10.3 Å². The summed E-state index contributed by atoms with van der Waals surface area (Å²) >= 11 is 1.42. The number of ether oxygens (including phenoxy) is 1. The molecule has 3 aromatic rings. The highest BCUT2D eigenvalue weighted by molar-refractivity contribution is 7.23. The standard InChI is InChI=1S/C14H13N3O3S/c1-20-7-6-15-12(18)9-8-16-14-17(13(9)19)10-4-2-3-5-11(10)21-14/h2-5,8H,6-7H2,1H3,(H,15,18). The quantitative estimate of drug-likeness (QED) is 0.737. The van der Waals surface area contributed by atoms with Crippen LogP contribution in [0.15, 0.2) is 35.3 Å². The fourth-order valence-corrected chi connectivity index (χ4v) is 3.05. The van der Waals surface area contributed by atoms with Gasteiger partial charge in [-0.05, 0) is 12.1 Å². The Morgan fingerprint density at radius 1 is 1.43 bits per heavy atom. The van der Waals surface area contributed by atoms with Crippen molar-refractivity contribution in [3.8, 4) is 0 Å². The number of hydrogen-bond acceptors (Lipinski definition) is 5. The van der Waals surface area contributed by atoms with Crippen LogP contribution in [0, 0.1) is 0 Å². The largest absolute Gasteiger partial charge is 0.383 e. The molecule has 0 spiro atoms. The number of nitrogens with one attached hydrogen (secondary N) is 1. The van der Waals surface area contributed by atoms with Crippen LogP contribution in [-0.2, 0) is 4.74 Å². The Hall–Kier alpha value is -2.25. The van der Waals surface area contributed by atoms with Crippen molar-refractivity contribution in [3.63, 3.8) is 0 Å². The summed E-state index contributed by atoms with van der Waals surface area (Å²) in [6.45, 7) is 0.742. The maximum atomic E-state index is 12.5. The minimum Gasteiger partial charge on any atom is -0.383 e. The Kier molecular flexibility index (Phi) is 3.68. The molecule has 3 rings (SSSR count). The number of para-hydroxylation sites is 1. The smallest absolute Gasteiger partial charge is 0.271 e. The summed E-state index contributed by atoms with van der Waals surface area (Å²) in [5.41, 5.74) is 0.445. The number of carbonyl (C=O) groups excluding carboxylic acids is 1. The van der Waals surface area contributed by atoms with Crippen molar-refractivity contribution in [1.82, 2.24) is 14.7 Å². The van der Waals surface area contributed by atoms with E-state index >= 15 is 0 Å². The van der Waals surface area contributed by atoms with Gasteiger partial charge < -0.3 is 10.1 Å². The first-order valence-electron chi connectivity index (χ1n) is 6.39. The fraction of sp³-hybridized carbons (Fsp3) is 0.214. The molecular weight excluding hydrogens is 290 g/mol. The molecule has 0 fully saturated rings. The second-order valence-electron chi connectivity index (χ2n) is 4.41. The van der Waals surface area contributed by atoms with Gasteiger partial charge in [0.25, 0.3) is 11.5 Å². The van der Waals surface area contributed by atoms with Gasteiger partial charge in [0.2, 0.25) is 0 Å². The molecule has 0 saturated heterocycles. The van der Waals surface area contributed by atoms with Crippen LogP contribution in [0.5, 0.6) is 0 Å². The fourth-order valence-electron chi connectivity index (χ4n) is 2.07. The van der Waals surface area contributed by atoms with Crippen molar-refractivity contribution in [2.24, 2.45) is 0 Å². The molecule has 1 amide bonds. The van der Waals surface area contributed by atoms with Crippen LogP contribution >= 0.6 is 11.3 Å². The van der Waals surface area contributed by atoms with Crippen LogP contribution in [-0.4, -0.2) is 35.6 Å². The molecule has 0 saturated carbocycles. The van der Waals surface area contributed by atoms with Crippen LogP contribution in [0.2, 0.25) is 0 Å². The molecule has 0 aliphatic heterocycles. The number of fused-ring (bicyclic) bond motifs is 3. The molecule has 6 nitrogen and oxygen atoms in total. The minimum atomic E-state index is -0.436. The molecule has 0 atom stereocenters. The summed E-state index contributed by atoms with van der Waals surface area (Å²) in [5, 5.41) is 2.63. The van der Waals surface area contributed by atoms with Crippen molar-refractivity contribution in [1.29, 1.82) is 0 Å².